The lowest BCUT2D eigenvalue weighted by molar-refractivity contribution is -0.130. The summed E-state index contributed by atoms with van der Waals surface area (Å²) in [4.78, 5) is 11.4. The molecule has 0 unspecified atom stereocenters. The Hall–Kier alpha value is -2.58. The van der Waals surface area contributed by atoms with Crippen LogP contribution in [0.5, 0.6) is 0 Å². The van der Waals surface area contributed by atoms with Crippen LogP contribution < -0.4 is 5.14 Å². The Kier molecular flexibility index (Phi) is 4.81. The van der Waals surface area contributed by atoms with Crippen LogP contribution in [0.1, 0.15) is 18.1 Å². The van der Waals surface area contributed by atoms with E-state index < -0.39 is 27.6 Å². The molecule has 0 radical (unpaired) electrons. The van der Waals surface area contributed by atoms with Crippen LogP contribution >= 0.6 is 0 Å². The number of benzene rings is 2. The molecule has 0 bridgehead atoms. The van der Waals surface area contributed by atoms with Crippen LogP contribution in [0.3, 0.4) is 0 Å². The topological polar surface area (TPSA) is 97.5 Å². The molecule has 0 amide bonds. The third-order valence-electron chi connectivity index (χ3n) is 3.41. The largest absolute Gasteiger partial charge is 0.478 e. The van der Waals surface area contributed by atoms with Gasteiger partial charge in [0.2, 0.25) is 10.0 Å². The molecule has 3 N–H and O–H groups in total. The Bertz CT molecular complexity index is 935. The van der Waals surface area contributed by atoms with Gasteiger partial charge in [-0.05, 0) is 47.9 Å². The van der Waals surface area contributed by atoms with Gasteiger partial charge < -0.3 is 5.11 Å². The molecule has 0 fully saturated rings. The Morgan fingerprint density at radius 1 is 1.00 bits per heavy atom. The number of hydrogen-bond acceptors (Lipinski definition) is 3. The number of halogens is 2. The number of carboxylic acids is 1. The number of rotatable bonds is 4. The average Bonchev–Trinajstić information content (AvgIpc) is 2.50. The molecule has 0 aliphatic carbocycles. The normalized spacial score (nSPS) is 12.7. The van der Waals surface area contributed by atoms with Crippen molar-refractivity contribution < 1.29 is 27.1 Å². The van der Waals surface area contributed by atoms with Gasteiger partial charge in [-0.2, -0.15) is 0 Å². The first-order valence-electron chi connectivity index (χ1n) is 6.64. The number of aliphatic carboxylic acids is 1. The van der Waals surface area contributed by atoms with Crippen molar-refractivity contribution in [3.05, 3.63) is 65.2 Å². The first-order valence-corrected chi connectivity index (χ1v) is 8.18. The number of carboxylic acid groups (broad SMARTS) is 1. The molecule has 126 valence electrons. The number of primary sulfonamides is 1. The first kappa shape index (κ1) is 17.8. The Morgan fingerprint density at radius 2 is 1.54 bits per heavy atom. The van der Waals surface area contributed by atoms with Gasteiger partial charge in [0.15, 0.2) is 11.6 Å². The van der Waals surface area contributed by atoms with Gasteiger partial charge in [0.1, 0.15) is 0 Å². The Morgan fingerprint density at radius 3 is 2.00 bits per heavy atom. The van der Waals surface area contributed by atoms with Crippen molar-refractivity contribution in [1.82, 2.24) is 0 Å². The molecule has 2 rings (SSSR count). The third kappa shape index (κ3) is 3.66. The first-order chi connectivity index (χ1) is 11.1. The van der Waals surface area contributed by atoms with E-state index in [1.807, 2.05) is 0 Å². The van der Waals surface area contributed by atoms with Crippen molar-refractivity contribution in [2.75, 3.05) is 0 Å². The van der Waals surface area contributed by atoms with Crippen LogP contribution in [-0.2, 0) is 14.8 Å². The lowest BCUT2D eigenvalue weighted by atomic mass is 9.96. The fourth-order valence-corrected chi connectivity index (χ4v) is 2.71. The molecule has 0 saturated carbocycles. The second-order valence-electron chi connectivity index (χ2n) is 5.00. The highest BCUT2D eigenvalue weighted by molar-refractivity contribution is 7.89. The third-order valence-corrected chi connectivity index (χ3v) is 4.34. The summed E-state index contributed by atoms with van der Waals surface area (Å²) in [6.45, 7) is 1.48. The maximum atomic E-state index is 13.4. The standard InChI is InChI=1S/C16H13F2NO4S/c1-9(10-2-5-12(6-3-10)24(19,22)23)15(16(20)21)11-4-7-13(17)14(18)8-11/h2-8H,1H3,(H,20,21)(H2,19,22,23)/b15-9+. The highest BCUT2D eigenvalue weighted by atomic mass is 32.2. The van der Waals surface area contributed by atoms with Gasteiger partial charge in [0.25, 0.3) is 0 Å². The van der Waals surface area contributed by atoms with Gasteiger partial charge >= 0.3 is 5.97 Å². The minimum Gasteiger partial charge on any atom is -0.478 e. The Labute approximate surface area is 137 Å². The van der Waals surface area contributed by atoms with Gasteiger partial charge in [0, 0.05) is 0 Å². The fraction of sp³-hybridized carbons (Fsp3) is 0.0625. The van der Waals surface area contributed by atoms with Crippen LogP contribution in [0, 0.1) is 11.6 Å². The van der Waals surface area contributed by atoms with Gasteiger partial charge in [-0.3, -0.25) is 0 Å². The van der Waals surface area contributed by atoms with E-state index in [1.54, 1.807) is 0 Å². The van der Waals surface area contributed by atoms with Crippen LogP contribution in [0.25, 0.3) is 11.1 Å². The van der Waals surface area contributed by atoms with Crippen LogP contribution in [0.4, 0.5) is 8.78 Å². The lowest BCUT2D eigenvalue weighted by Gasteiger charge is -2.10. The summed E-state index contributed by atoms with van der Waals surface area (Å²) in [6.07, 6.45) is 0. The molecule has 0 saturated heterocycles. The molecule has 0 aromatic heterocycles. The SMILES string of the molecule is C/C(=C(\C(=O)O)c1ccc(F)c(F)c1)c1ccc(S(N)(=O)=O)cc1. The summed E-state index contributed by atoms with van der Waals surface area (Å²) in [5.41, 5.74) is 0.436. The summed E-state index contributed by atoms with van der Waals surface area (Å²) in [5.74, 6) is -3.57. The predicted molar refractivity (Wildman–Crippen MR) is 84.3 cm³/mol. The molecule has 5 nitrogen and oxygen atoms in total. The fourth-order valence-electron chi connectivity index (χ4n) is 2.19. The maximum Gasteiger partial charge on any atom is 0.336 e. The second kappa shape index (κ2) is 6.50. The molecule has 0 heterocycles. The monoisotopic (exact) mass is 353 g/mol. The van der Waals surface area contributed by atoms with Crippen molar-refractivity contribution in [2.45, 2.75) is 11.8 Å². The summed E-state index contributed by atoms with van der Waals surface area (Å²) in [7, 11) is -3.87. The van der Waals surface area contributed by atoms with E-state index in [2.05, 4.69) is 0 Å². The quantitative estimate of drug-likeness (QED) is 0.652. The predicted octanol–water partition coefficient (Wildman–Crippen LogP) is 2.63. The molecule has 0 aliphatic rings. The molecule has 0 atom stereocenters. The summed E-state index contributed by atoms with van der Waals surface area (Å²) >= 11 is 0. The molecule has 8 heteroatoms. The molecule has 0 spiro atoms. The van der Waals surface area contributed by atoms with Crippen molar-refractivity contribution in [2.24, 2.45) is 5.14 Å². The zero-order valence-corrected chi connectivity index (χ0v) is 13.3. The number of hydrogen-bond donors (Lipinski definition) is 2. The minimum absolute atomic E-state index is 0.00516. The maximum absolute atomic E-state index is 13.4. The number of nitrogens with two attached hydrogens (primary N) is 1. The second-order valence-corrected chi connectivity index (χ2v) is 6.56. The van der Waals surface area contributed by atoms with E-state index in [0.29, 0.717) is 5.56 Å². The number of carbonyl (C=O) groups is 1. The summed E-state index contributed by atoms with van der Waals surface area (Å²) in [5, 5.41) is 14.4. The van der Waals surface area contributed by atoms with Gasteiger partial charge in [-0.15, -0.1) is 0 Å². The van der Waals surface area contributed by atoms with Gasteiger partial charge in [-0.1, -0.05) is 18.2 Å². The lowest BCUT2D eigenvalue weighted by Crippen LogP contribution is -2.12. The molecule has 0 aliphatic heterocycles. The van der Waals surface area contributed by atoms with Crippen molar-refractivity contribution in [1.29, 1.82) is 0 Å². The zero-order chi connectivity index (χ0) is 18.1. The van der Waals surface area contributed by atoms with E-state index in [1.165, 1.54) is 31.2 Å². The van der Waals surface area contributed by atoms with E-state index in [0.717, 1.165) is 18.2 Å². The molecule has 2 aromatic carbocycles. The smallest absolute Gasteiger partial charge is 0.336 e. The summed E-state index contributed by atoms with van der Waals surface area (Å²) < 4.78 is 48.9. The Balaban J connectivity index is 2.59. The molecule has 2 aromatic rings. The van der Waals surface area contributed by atoms with Crippen LogP contribution in [-0.4, -0.2) is 19.5 Å². The van der Waals surface area contributed by atoms with Crippen molar-refractivity contribution in [3.8, 4) is 0 Å². The number of sulfonamides is 1. The van der Waals surface area contributed by atoms with E-state index in [9.17, 15) is 27.1 Å². The van der Waals surface area contributed by atoms with Crippen molar-refractivity contribution in [3.63, 3.8) is 0 Å². The van der Waals surface area contributed by atoms with Crippen LogP contribution in [0.15, 0.2) is 47.4 Å². The average molecular weight is 353 g/mol. The van der Waals surface area contributed by atoms with Gasteiger partial charge in [-0.25, -0.2) is 27.1 Å². The van der Waals surface area contributed by atoms with Crippen LogP contribution in [0.2, 0.25) is 0 Å². The zero-order valence-electron chi connectivity index (χ0n) is 12.5. The molecule has 24 heavy (non-hydrogen) atoms. The van der Waals surface area contributed by atoms with E-state index in [-0.39, 0.29) is 21.6 Å². The molecular formula is C16H13F2NO4S. The minimum atomic E-state index is -3.87. The van der Waals surface area contributed by atoms with E-state index >= 15 is 0 Å². The van der Waals surface area contributed by atoms with E-state index in [4.69, 9.17) is 5.14 Å². The highest BCUT2D eigenvalue weighted by Gasteiger charge is 2.18. The van der Waals surface area contributed by atoms with Crippen molar-refractivity contribution >= 4 is 27.1 Å². The van der Waals surface area contributed by atoms with Gasteiger partial charge in [0.05, 0.1) is 10.5 Å². The summed E-state index contributed by atoms with van der Waals surface area (Å²) in [6, 6.07) is 8.03. The molecular weight excluding hydrogens is 340 g/mol. The highest BCUT2D eigenvalue weighted by Crippen LogP contribution is 2.28. The number of allylic oxidation sites excluding steroid dienone is 1.